The molecule has 244 valence electrons. The lowest BCUT2D eigenvalue weighted by Gasteiger charge is -2.19. The normalized spacial score (nSPS) is 13.8. The van der Waals surface area contributed by atoms with E-state index in [9.17, 15) is 14.3 Å². The first-order valence-electron chi connectivity index (χ1n) is 16.9. The highest BCUT2D eigenvalue weighted by Crippen LogP contribution is 2.44. The van der Waals surface area contributed by atoms with Gasteiger partial charge in [0.05, 0.1) is 40.5 Å². The van der Waals surface area contributed by atoms with Crippen LogP contribution in [0.1, 0.15) is 129 Å². The highest BCUT2D eigenvalue weighted by atomic mass is 31.2. The summed E-state index contributed by atoms with van der Waals surface area (Å²) in [7, 11) is -0.0106. The van der Waals surface area contributed by atoms with Crippen molar-refractivity contribution >= 4 is 13.6 Å². The maximum absolute atomic E-state index is 12.4. The van der Waals surface area contributed by atoms with Gasteiger partial charge in [0.2, 0.25) is 0 Å². The highest BCUT2D eigenvalue weighted by molar-refractivity contribution is 7.47. The molecule has 0 aliphatic heterocycles. The Morgan fingerprint density at radius 1 is 0.786 bits per heavy atom. The number of phosphoric acid groups is 1. The summed E-state index contributed by atoms with van der Waals surface area (Å²) in [4.78, 5) is 23.8. The standard InChI is InChI=1S/C34H62NO6P/c1-5-7-8-9-10-11-12-13-14-15-16-18-26-39-34-23-21-31(22-24-34)28-32(29-33(36)20-6-2)30-41-42(37,38)40-27-19-17-25-35(3)4/h21-24,32H,5-20,25-30H2,1-4H3,(H,37,38)/p+1. The number of ether oxygens (including phenoxy) is 1. The van der Waals surface area contributed by atoms with Gasteiger partial charge in [-0.05, 0) is 55.7 Å². The Bertz CT molecular complexity index is 832. The van der Waals surface area contributed by atoms with Gasteiger partial charge in [-0.15, -0.1) is 0 Å². The molecular weight excluding hydrogens is 549 g/mol. The third-order valence-corrected chi connectivity index (χ3v) is 8.54. The van der Waals surface area contributed by atoms with E-state index in [0.717, 1.165) is 43.7 Å². The van der Waals surface area contributed by atoms with Crippen molar-refractivity contribution in [1.82, 2.24) is 0 Å². The summed E-state index contributed by atoms with van der Waals surface area (Å²) in [5.74, 6) is 0.799. The van der Waals surface area contributed by atoms with Crippen LogP contribution in [0, 0.1) is 5.92 Å². The van der Waals surface area contributed by atoms with Crippen molar-refractivity contribution in [2.45, 2.75) is 129 Å². The molecule has 8 heteroatoms. The van der Waals surface area contributed by atoms with Gasteiger partial charge in [-0.1, -0.05) is 96.6 Å². The molecule has 0 saturated heterocycles. The second-order valence-corrected chi connectivity index (χ2v) is 13.7. The zero-order valence-electron chi connectivity index (χ0n) is 27.4. The number of unbranched alkanes of at least 4 members (excludes halogenated alkanes) is 12. The smallest absolute Gasteiger partial charge is 0.472 e. The van der Waals surface area contributed by atoms with Crippen molar-refractivity contribution in [2.75, 3.05) is 40.5 Å². The van der Waals surface area contributed by atoms with E-state index in [2.05, 4.69) is 21.0 Å². The minimum Gasteiger partial charge on any atom is -0.494 e. The van der Waals surface area contributed by atoms with E-state index < -0.39 is 7.82 Å². The van der Waals surface area contributed by atoms with E-state index in [1.807, 2.05) is 31.2 Å². The molecule has 2 atom stereocenters. The molecule has 2 unspecified atom stereocenters. The van der Waals surface area contributed by atoms with Gasteiger partial charge in [0, 0.05) is 12.8 Å². The van der Waals surface area contributed by atoms with Crippen molar-refractivity contribution in [2.24, 2.45) is 5.92 Å². The van der Waals surface area contributed by atoms with E-state index in [0.29, 0.717) is 25.7 Å². The van der Waals surface area contributed by atoms with Gasteiger partial charge < -0.3 is 14.5 Å². The number of carbonyl (C=O) groups excluding carboxylic acids is 1. The quantitative estimate of drug-likeness (QED) is 0.0711. The van der Waals surface area contributed by atoms with Crippen LogP contribution in [0.2, 0.25) is 0 Å². The van der Waals surface area contributed by atoms with Crippen LogP contribution < -0.4 is 9.64 Å². The molecule has 0 saturated carbocycles. The van der Waals surface area contributed by atoms with Gasteiger partial charge >= 0.3 is 7.82 Å². The molecule has 7 nitrogen and oxygen atoms in total. The van der Waals surface area contributed by atoms with Gasteiger partial charge in [-0.25, -0.2) is 4.57 Å². The lowest BCUT2D eigenvalue weighted by atomic mass is 9.94. The van der Waals surface area contributed by atoms with Crippen LogP contribution >= 0.6 is 7.82 Å². The summed E-state index contributed by atoms with van der Waals surface area (Å²) >= 11 is 0. The van der Waals surface area contributed by atoms with Crippen molar-refractivity contribution in [3.8, 4) is 5.75 Å². The summed E-state index contributed by atoms with van der Waals surface area (Å²) in [5, 5.41) is 0. The molecule has 0 radical (unpaired) electrons. The Morgan fingerprint density at radius 2 is 1.36 bits per heavy atom. The Hall–Kier alpha value is -1.24. The molecule has 1 rings (SSSR count). The van der Waals surface area contributed by atoms with E-state index in [-0.39, 0.29) is 24.9 Å². The van der Waals surface area contributed by atoms with Gasteiger partial charge in [0.25, 0.3) is 0 Å². The van der Waals surface area contributed by atoms with Crippen LogP contribution in [-0.2, 0) is 24.8 Å². The minimum absolute atomic E-state index is 0.00227. The second-order valence-electron chi connectivity index (χ2n) is 12.2. The Labute approximate surface area is 257 Å². The molecule has 0 heterocycles. The van der Waals surface area contributed by atoms with Crippen LogP contribution in [0.25, 0.3) is 0 Å². The molecule has 1 aromatic carbocycles. The fourth-order valence-electron chi connectivity index (χ4n) is 5.08. The summed E-state index contributed by atoms with van der Waals surface area (Å²) < 4.78 is 28.8. The predicted molar refractivity (Wildman–Crippen MR) is 173 cm³/mol. The Kier molecular flexibility index (Phi) is 23.2. The number of ketones is 1. The Balaban J connectivity index is 2.35. The maximum atomic E-state index is 12.4. The largest absolute Gasteiger partial charge is 0.494 e. The van der Waals surface area contributed by atoms with E-state index in [1.165, 1.54) is 75.5 Å². The second kappa shape index (κ2) is 25.1. The van der Waals surface area contributed by atoms with E-state index in [4.69, 9.17) is 13.8 Å². The number of quaternary nitrogens is 1. The molecule has 0 fully saturated rings. The van der Waals surface area contributed by atoms with Gasteiger partial charge in [-0.3, -0.25) is 13.8 Å². The number of hydrogen-bond acceptors (Lipinski definition) is 5. The number of hydrogen-bond donors (Lipinski definition) is 2. The molecule has 0 aliphatic carbocycles. The highest BCUT2D eigenvalue weighted by Gasteiger charge is 2.24. The van der Waals surface area contributed by atoms with E-state index >= 15 is 0 Å². The van der Waals surface area contributed by atoms with Crippen LogP contribution in [0.4, 0.5) is 0 Å². The molecule has 0 bridgehead atoms. The number of Topliss-reactive ketones (excluding diaryl/α,β-unsaturated/α-hetero) is 1. The van der Waals surface area contributed by atoms with Crippen molar-refractivity contribution < 1.29 is 32.9 Å². The van der Waals surface area contributed by atoms with Crippen LogP contribution in [-0.4, -0.2) is 51.1 Å². The Morgan fingerprint density at radius 3 is 1.93 bits per heavy atom. The molecule has 2 N–H and O–H groups in total. The SMILES string of the molecule is CCCCCCCCCCCCCCOc1ccc(CC(COP(=O)(O)OCCCC[NH+](C)C)CC(=O)CCC)cc1. The fraction of sp³-hybridized carbons (Fsp3) is 0.794. The van der Waals surface area contributed by atoms with Crippen molar-refractivity contribution in [3.63, 3.8) is 0 Å². The van der Waals surface area contributed by atoms with Gasteiger partial charge in [0.15, 0.2) is 0 Å². The van der Waals surface area contributed by atoms with Crippen LogP contribution in [0.15, 0.2) is 24.3 Å². The number of nitrogens with one attached hydrogen (secondary N) is 1. The number of carbonyl (C=O) groups is 1. The topological polar surface area (TPSA) is 86.5 Å². The minimum atomic E-state index is -4.15. The molecule has 0 spiro atoms. The average Bonchev–Trinajstić information content (AvgIpc) is 2.95. The first-order valence-corrected chi connectivity index (χ1v) is 18.4. The maximum Gasteiger partial charge on any atom is 0.472 e. The molecule has 1 aromatic rings. The molecule has 0 aromatic heterocycles. The summed E-state index contributed by atoms with van der Waals surface area (Å²) in [5.41, 5.74) is 1.05. The molecule has 0 aliphatic rings. The number of benzene rings is 1. The number of rotatable bonds is 29. The molecule has 42 heavy (non-hydrogen) atoms. The molecule has 0 amide bonds. The summed E-state index contributed by atoms with van der Waals surface area (Å²) in [6.07, 6.45) is 19.7. The van der Waals surface area contributed by atoms with Crippen molar-refractivity contribution in [3.05, 3.63) is 29.8 Å². The third kappa shape index (κ3) is 22.3. The molecular formula is C34H63NO6P+. The van der Waals surface area contributed by atoms with Gasteiger partial charge in [0.1, 0.15) is 11.5 Å². The zero-order chi connectivity index (χ0) is 30.9. The summed E-state index contributed by atoms with van der Waals surface area (Å²) in [6.45, 7) is 6.13. The summed E-state index contributed by atoms with van der Waals surface area (Å²) in [6, 6.07) is 7.96. The fourth-order valence-corrected chi connectivity index (χ4v) is 5.91. The van der Waals surface area contributed by atoms with Gasteiger partial charge in [-0.2, -0.15) is 0 Å². The first kappa shape index (κ1) is 38.8. The van der Waals surface area contributed by atoms with Crippen LogP contribution in [0.5, 0.6) is 5.75 Å². The number of phosphoric ester groups is 1. The van der Waals surface area contributed by atoms with Crippen molar-refractivity contribution in [1.29, 1.82) is 0 Å². The first-order chi connectivity index (χ1) is 20.3. The van der Waals surface area contributed by atoms with E-state index in [1.54, 1.807) is 0 Å². The van der Waals surface area contributed by atoms with Crippen LogP contribution in [0.3, 0.4) is 0 Å². The lowest BCUT2D eigenvalue weighted by molar-refractivity contribution is -0.858. The third-order valence-electron chi connectivity index (χ3n) is 7.56. The average molecular weight is 613 g/mol. The predicted octanol–water partition coefficient (Wildman–Crippen LogP) is 7.74. The monoisotopic (exact) mass is 612 g/mol. The lowest BCUT2D eigenvalue weighted by Crippen LogP contribution is -3.05. The zero-order valence-corrected chi connectivity index (χ0v) is 28.3.